The molecule has 0 saturated heterocycles. The molecule has 0 aliphatic rings. The van der Waals surface area contributed by atoms with Gasteiger partial charge in [0.05, 0.1) is 0 Å². The van der Waals surface area contributed by atoms with Gasteiger partial charge >= 0.3 is 0 Å². The SMILES string of the molecule is CC(C)(C)CC(=O)C(C)(C)C.[B]. The molecule has 0 atom stereocenters. The van der Waals surface area contributed by atoms with Gasteiger partial charge < -0.3 is 0 Å². The van der Waals surface area contributed by atoms with E-state index in [1.54, 1.807) is 0 Å². The summed E-state index contributed by atoms with van der Waals surface area (Å²) in [5, 5.41) is 0. The van der Waals surface area contributed by atoms with Crippen molar-refractivity contribution < 1.29 is 4.79 Å². The molecule has 0 aromatic carbocycles. The van der Waals surface area contributed by atoms with Crippen LogP contribution in [0.4, 0.5) is 0 Å². The average molecular weight is 167 g/mol. The van der Waals surface area contributed by atoms with E-state index in [4.69, 9.17) is 0 Å². The van der Waals surface area contributed by atoms with E-state index in [1.165, 1.54) is 0 Å². The molecule has 0 heterocycles. The first kappa shape index (κ1) is 14.3. The second-order valence-corrected chi connectivity index (χ2v) is 5.41. The molecule has 0 aromatic heterocycles. The second-order valence-electron chi connectivity index (χ2n) is 5.41. The first-order valence-corrected chi connectivity index (χ1v) is 4.16. The fourth-order valence-corrected chi connectivity index (χ4v) is 0.747. The quantitative estimate of drug-likeness (QED) is 0.548. The first-order valence-electron chi connectivity index (χ1n) is 4.16. The molecule has 0 aliphatic carbocycles. The highest BCUT2D eigenvalue weighted by molar-refractivity contribution is 5.84. The molecule has 0 rings (SSSR count). The standard InChI is InChI=1S/C10H20O.B/c1-9(2,3)7-8(11)10(4,5)6;/h7H2,1-6H3;. The van der Waals surface area contributed by atoms with E-state index in [1.807, 2.05) is 20.8 Å². The van der Waals surface area contributed by atoms with Crippen LogP contribution in [0.25, 0.3) is 0 Å². The van der Waals surface area contributed by atoms with Crippen molar-refractivity contribution in [1.29, 1.82) is 0 Å². The van der Waals surface area contributed by atoms with Crippen LogP contribution in [-0.4, -0.2) is 14.2 Å². The second kappa shape index (κ2) is 4.11. The fraction of sp³-hybridized carbons (Fsp3) is 0.900. The van der Waals surface area contributed by atoms with Crippen LogP contribution in [0, 0.1) is 10.8 Å². The van der Waals surface area contributed by atoms with Crippen molar-refractivity contribution in [1.82, 2.24) is 0 Å². The maximum atomic E-state index is 11.5. The summed E-state index contributed by atoms with van der Waals surface area (Å²) in [7, 11) is 0. The Morgan fingerprint density at radius 2 is 1.33 bits per heavy atom. The van der Waals surface area contributed by atoms with Crippen LogP contribution < -0.4 is 0 Å². The minimum absolute atomic E-state index is 0. The van der Waals surface area contributed by atoms with Crippen LogP contribution in [0.3, 0.4) is 0 Å². The molecular formula is C10H20BO. The molecule has 69 valence electrons. The number of ketones is 1. The van der Waals surface area contributed by atoms with Crippen molar-refractivity contribution >= 4 is 14.2 Å². The summed E-state index contributed by atoms with van der Waals surface area (Å²) in [6.07, 6.45) is 0.677. The van der Waals surface area contributed by atoms with Gasteiger partial charge in [0.2, 0.25) is 0 Å². The van der Waals surface area contributed by atoms with Crippen molar-refractivity contribution in [3.05, 3.63) is 0 Å². The van der Waals surface area contributed by atoms with E-state index in [9.17, 15) is 4.79 Å². The summed E-state index contributed by atoms with van der Waals surface area (Å²) >= 11 is 0. The summed E-state index contributed by atoms with van der Waals surface area (Å²) in [5.41, 5.74) is -0.0440. The van der Waals surface area contributed by atoms with Crippen LogP contribution in [0.1, 0.15) is 48.0 Å². The molecule has 0 N–H and O–H groups in total. The maximum absolute atomic E-state index is 11.5. The van der Waals surface area contributed by atoms with Gasteiger partial charge in [-0.05, 0) is 5.41 Å². The Hall–Kier alpha value is -0.265. The Morgan fingerprint density at radius 3 is 1.42 bits per heavy atom. The van der Waals surface area contributed by atoms with Gasteiger partial charge in [-0.25, -0.2) is 0 Å². The van der Waals surface area contributed by atoms with Gasteiger partial charge in [0.25, 0.3) is 0 Å². The smallest absolute Gasteiger partial charge is 0.138 e. The Balaban J connectivity index is 0. The van der Waals surface area contributed by atoms with Crippen molar-refractivity contribution in [3.63, 3.8) is 0 Å². The predicted octanol–water partition coefficient (Wildman–Crippen LogP) is 2.66. The summed E-state index contributed by atoms with van der Waals surface area (Å²) < 4.78 is 0. The molecule has 0 unspecified atom stereocenters. The molecule has 12 heavy (non-hydrogen) atoms. The molecule has 0 spiro atoms. The molecule has 0 bridgehead atoms. The number of carbonyl (C=O) groups is 1. The van der Waals surface area contributed by atoms with Gasteiger partial charge in [-0.15, -0.1) is 0 Å². The number of hydrogen-bond donors (Lipinski definition) is 0. The molecule has 0 amide bonds. The monoisotopic (exact) mass is 167 g/mol. The minimum Gasteiger partial charge on any atom is -0.299 e. The van der Waals surface area contributed by atoms with Gasteiger partial charge in [-0.1, -0.05) is 41.5 Å². The zero-order valence-corrected chi connectivity index (χ0v) is 9.19. The van der Waals surface area contributed by atoms with Gasteiger partial charge in [0.15, 0.2) is 0 Å². The third-order valence-corrected chi connectivity index (χ3v) is 1.53. The highest BCUT2D eigenvalue weighted by atomic mass is 16.1. The third-order valence-electron chi connectivity index (χ3n) is 1.53. The fourth-order valence-electron chi connectivity index (χ4n) is 0.747. The molecule has 1 nitrogen and oxygen atoms in total. The summed E-state index contributed by atoms with van der Waals surface area (Å²) in [6.45, 7) is 12.2. The summed E-state index contributed by atoms with van der Waals surface area (Å²) in [5.74, 6) is 0.352. The molecule has 0 fully saturated rings. The summed E-state index contributed by atoms with van der Waals surface area (Å²) in [6, 6.07) is 0. The number of hydrogen-bond acceptors (Lipinski definition) is 1. The van der Waals surface area contributed by atoms with E-state index >= 15 is 0 Å². The van der Waals surface area contributed by atoms with E-state index in [0.717, 1.165) is 0 Å². The molecule has 3 radical (unpaired) electrons. The van der Waals surface area contributed by atoms with Crippen molar-refractivity contribution in [2.45, 2.75) is 48.0 Å². The normalized spacial score (nSPS) is 12.2. The maximum Gasteiger partial charge on any atom is 0.138 e. The lowest BCUT2D eigenvalue weighted by molar-refractivity contribution is -0.128. The Labute approximate surface area is 78.5 Å². The van der Waals surface area contributed by atoms with Crippen LogP contribution >= 0.6 is 0 Å². The van der Waals surface area contributed by atoms with Crippen LogP contribution in [0.2, 0.25) is 0 Å². The van der Waals surface area contributed by atoms with Gasteiger partial charge in [0.1, 0.15) is 5.78 Å². The molecular weight excluding hydrogens is 147 g/mol. The van der Waals surface area contributed by atoms with E-state index in [2.05, 4.69) is 20.8 Å². The topological polar surface area (TPSA) is 17.1 Å². The van der Waals surface area contributed by atoms with E-state index < -0.39 is 0 Å². The largest absolute Gasteiger partial charge is 0.299 e. The highest BCUT2D eigenvalue weighted by Gasteiger charge is 2.25. The molecule has 0 saturated carbocycles. The van der Waals surface area contributed by atoms with Gasteiger partial charge in [-0.2, -0.15) is 0 Å². The third kappa shape index (κ3) is 6.45. The Morgan fingerprint density at radius 1 is 1.00 bits per heavy atom. The number of carbonyl (C=O) groups excluding carboxylic acids is 1. The molecule has 0 aliphatic heterocycles. The lowest BCUT2D eigenvalue weighted by Crippen LogP contribution is -2.25. The lowest BCUT2D eigenvalue weighted by atomic mass is 9.80. The average Bonchev–Trinajstić information content (AvgIpc) is 1.56. The Kier molecular flexibility index (Phi) is 4.89. The number of rotatable bonds is 1. The molecule has 2 heteroatoms. The van der Waals surface area contributed by atoms with Crippen molar-refractivity contribution in [2.75, 3.05) is 0 Å². The molecule has 0 aromatic rings. The zero-order valence-electron chi connectivity index (χ0n) is 9.19. The van der Waals surface area contributed by atoms with Crippen molar-refractivity contribution in [2.24, 2.45) is 10.8 Å². The first-order chi connectivity index (χ1) is 4.63. The van der Waals surface area contributed by atoms with Crippen LogP contribution in [0.15, 0.2) is 0 Å². The van der Waals surface area contributed by atoms with E-state index in [-0.39, 0.29) is 19.2 Å². The minimum atomic E-state index is -0.173. The summed E-state index contributed by atoms with van der Waals surface area (Å²) in [4.78, 5) is 11.5. The zero-order chi connectivity index (χ0) is 9.28. The number of Topliss-reactive ketones (excluding diaryl/α,β-unsaturated/α-hetero) is 1. The van der Waals surface area contributed by atoms with Gasteiger partial charge in [-0.3, -0.25) is 4.79 Å². The predicted molar refractivity (Wildman–Crippen MR) is 54.3 cm³/mol. The van der Waals surface area contributed by atoms with Crippen molar-refractivity contribution in [3.8, 4) is 0 Å². The van der Waals surface area contributed by atoms with Crippen LogP contribution in [0.5, 0.6) is 0 Å². The Bertz CT molecular complexity index is 148. The van der Waals surface area contributed by atoms with Crippen LogP contribution in [-0.2, 0) is 4.79 Å². The van der Waals surface area contributed by atoms with E-state index in [0.29, 0.717) is 12.2 Å². The lowest BCUT2D eigenvalue weighted by Gasteiger charge is -2.23. The van der Waals surface area contributed by atoms with Gasteiger partial charge in [0, 0.05) is 20.2 Å². The highest BCUT2D eigenvalue weighted by Crippen LogP contribution is 2.26.